The summed E-state index contributed by atoms with van der Waals surface area (Å²) < 4.78 is 18.9. The Balaban J connectivity index is 2.34. The summed E-state index contributed by atoms with van der Waals surface area (Å²) in [6.07, 6.45) is 3.07. The number of carbonyl (C=O) groups is 1. The summed E-state index contributed by atoms with van der Waals surface area (Å²) in [5.74, 6) is -1.19. The Morgan fingerprint density at radius 2 is 2.04 bits per heavy atom. The molecule has 0 aromatic heterocycles. The van der Waals surface area contributed by atoms with Crippen molar-refractivity contribution >= 4 is 39.7 Å². The quantitative estimate of drug-likeness (QED) is 0.340. The summed E-state index contributed by atoms with van der Waals surface area (Å²) in [4.78, 5) is 21.5. The van der Waals surface area contributed by atoms with Crippen LogP contribution in [-0.4, -0.2) is 18.0 Å². The Labute approximate surface area is 139 Å². The third-order valence-corrected chi connectivity index (χ3v) is 3.68. The van der Waals surface area contributed by atoms with E-state index in [0.717, 1.165) is 6.07 Å². The van der Waals surface area contributed by atoms with E-state index >= 15 is 0 Å². The lowest BCUT2D eigenvalue weighted by Crippen LogP contribution is -2.00. The van der Waals surface area contributed by atoms with Gasteiger partial charge in [-0.1, -0.05) is 24.3 Å². The molecule has 118 valence electrons. The number of halogens is 2. The van der Waals surface area contributed by atoms with Gasteiger partial charge in [0.1, 0.15) is 5.82 Å². The SMILES string of the molecule is COC(=O)c1cccc(/C=C/c2c(F)cc([N+](=O)[O-])cc2Br)c1. The maximum atomic E-state index is 14.0. The molecule has 0 saturated heterocycles. The van der Waals surface area contributed by atoms with Crippen LogP contribution >= 0.6 is 15.9 Å². The van der Waals surface area contributed by atoms with Gasteiger partial charge in [0, 0.05) is 16.1 Å². The zero-order valence-corrected chi connectivity index (χ0v) is 13.5. The smallest absolute Gasteiger partial charge is 0.337 e. The average molecular weight is 380 g/mol. The molecule has 0 radical (unpaired) electrons. The molecule has 0 aliphatic heterocycles. The van der Waals surface area contributed by atoms with E-state index in [1.54, 1.807) is 30.3 Å². The van der Waals surface area contributed by atoms with Crippen LogP contribution in [-0.2, 0) is 4.74 Å². The van der Waals surface area contributed by atoms with Gasteiger partial charge in [-0.15, -0.1) is 0 Å². The molecule has 0 N–H and O–H groups in total. The molecule has 0 amide bonds. The molecule has 23 heavy (non-hydrogen) atoms. The van der Waals surface area contributed by atoms with E-state index in [9.17, 15) is 19.3 Å². The summed E-state index contributed by atoms with van der Waals surface area (Å²) in [6.45, 7) is 0. The highest BCUT2D eigenvalue weighted by Gasteiger charge is 2.13. The zero-order chi connectivity index (χ0) is 17.0. The van der Waals surface area contributed by atoms with Crippen molar-refractivity contribution in [1.29, 1.82) is 0 Å². The van der Waals surface area contributed by atoms with Crippen LogP contribution < -0.4 is 0 Å². The van der Waals surface area contributed by atoms with Crippen molar-refractivity contribution in [3.8, 4) is 0 Å². The van der Waals surface area contributed by atoms with E-state index in [1.807, 2.05) is 0 Å². The average Bonchev–Trinajstić information content (AvgIpc) is 2.53. The maximum absolute atomic E-state index is 14.0. The van der Waals surface area contributed by atoms with Crippen LogP contribution in [0.1, 0.15) is 21.5 Å². The van der Waals surface area contributed by atoms with Gasteiger partial charge in [-0.3, -0.25) is 10.1 Å². The molecule has 0 aliphatic carbocycles. The molecule has 2 rings (SSSR count). The fourth-order valence-electron chi connectivity index (χ4n) is 1.90. The molecule has 0 saturated carbocycles. The van der Waals surface area contributed by atoms with Gasteiger partial charge < -0.3 is 4.74 Å². The summed E-state index contributed by atoms with van der Waals surface area (Å²) in [6, 6.07) is 8.70. The Kier molecular flexibility index (Phi) is 5.23. The van der Waals surface area contributed by atoms with Gasteiger partial charge in [0.25, 0.3) is 5.69 Å². The predicted octanol–water partition coefficient (Wildman–Crippen LogP) is 4.45. The minimum absolute atomic E-state index is 0.180. The molecule has 0 spiro atoms. The van der Waals surface area contributed by atoms with Crippen molar-refractivity contribution in [3.63, 3.8) is 0 Å². The standard InChI is InChI=1S/C16H11BrFNO4/c1-23-16(20)11-4-2-3-10(7-11)5-6-13-14(17)8-12(19(21)22)9-15(13)18/h2-9H,1H3/b6-5+. The van der Waals surface area contributed by atoms with E-state index in [4.69, 9.17) is 0 Å². The van der Waals surface area contributed by atoms with Gasteiger partial charge in [-0.2, -0.15) is 0 Å². The predicted molar refractivity (Wildman–Crippen MR) is 87.5 cm³/mol. The second-order valence-corrected chi connectivity index (χ2v) is 5.38. The summed E-state index contributed by atoms with van der Waals surface area (Å²) in [7, 11) is 1.29. The van der Waals surface area contributed by atoms with Gasteiger partial charge >= 0.3 is 5.97 Å². The van der Waals surface area contributed by atoms with Crippen LogP contribution in [0.4, 0.5) is 10.1 Å². The summed E-state index contributed by atoms with van der Waals surface area (Å²) in [5.41, 5.74) is 0.883. The van der Waals surface area contributed by atoms with Crippen molar-refractivity contribution in [2.24, 2.45) is 0 Å². The number of benzene rings is 2. The number of nitrogens with zero attached hydrogens (tertiary/aromatic N) is 1. The highest BCUT2D eigenvalue weighted by atomic mass is 79.9. The number of nitro groups is 1. The second-order valence-electron chi connectivity index (χ2n) is 4.53. The highest BCUT2D eigenvalue weighted by Crippen LogP contribution is 2.27. The first-order chi connectivity index (χ1) is 10.9. The Morgan fingerprint density at radius 3 is 2.65 bits per heavy atom. The molecular formula is C16H11BrFNO4. The molecule has 0 atom stereocenters. The van der Waals surface area contributed by atoms with E-state index in [2.05, 4.69) is 20.7 Å². The van der Waals surface area contributed by atoms with Crippen LogP contribution in [0.15, 0.2) is 40.9 Å². The molecule has 5 nitrogen and oxygen atoms in total. The number of rotatable bonds is 4. The molecule has 0 aliphatic rings. The molecule has 0 bridgehead atoms. The van der Waals surface area contributed by atoms with Crippen molar-refractivity contribution in [3.05, 3.63) is 73.5 Å². The first-order valence-corrected chi connectivity index (χ1v) is 7.21. The van der Waals surface area contributed by atoms with Gasteiger partial charge in [0.05, 0.1) is 23.7 Å². The number of carbonyl (C=O) groups excluding carboxylic acids is 1. The number of hydrogen-bond donors (Lipinski definition) is 0. The largest absolute Gasteiger partial charge is 0.465 e. The first-order valence-electron chi connectivity index (χ1n) is 6.42. The number of nitro benzene ring substituents is 1. The lowest BCUT2D eigenvalue weighted by molar-refractivity contribution is -0.385. The van der Waals surface area contributed by atoms with Crippen LogP contribution in [0, 0.1) is 15.9 Å². The van der Waals surface area contributed by atoms with Gasteiger partial charge in [0.2, 0.25) is 0 Å². The van der Waals surface area contributed by atoms with Crippen molar-refractivity contribution < 1.29 is 18.8 Å². The normalized spacial score (nSPS) is 10.7. The minimum Gasteiger partial charge on any atom is -0.465 e. The van der Waals surface area contributed by atoms with Crippen LogP contribution in [0.25, 0.3) is 12.2 Å². The molecular weight excluding hydrogens is 369 g/mol. The van der Waals surface area contributed by atoms with Crippen molar-refractivity contribution in [1.82, 2.24) is 0 Å². The zero-order valence-electron chi connectivity index (χ0n) is 12.0. The van der Waals surface area contributed by atoms with Gasteiger partial charge in [-0.25, -0.2) is 9.18 Å². The van der Waals surface area contributed by atoms with Crippen molar-refractivity contribution in [2.75, 3.05) is 7.11 Å². The molecule has 2 aromatic carbocycles. The number of ether oxygens (including phenoxy) is 1. The van der Waals surface area contributed by atoms with Crippen LogP contribution in [0.5, 0.6) is 0 Å². The maximum Gasteiger partial charge on any atom is 0.337 e. The van der Waals surface area contributed by atoms with Gasteiger partial charge in [-0.05, 0) is 33.6 Å². The van der Waals surface area contributed by atoms with Gasteiger partial charge in [0.15, 0.2) is 0 Å². The summed E-state index contributed by atoms with van der Waals surface area (Å²) in [5, 5.41) is 10.7. The second kappa shape index (κ2) is 7.15. The lowest BCUT2D eigenvalue weighted by atomic mass is 10.1. The Morgan fingerprint density at radius 1 is 1.30 bits per heavy atom. The number of hydrogen-bond acceptors (Lipinski definition) is 4. The molecule has 0 heterocycles. The number of esters is 1. The van der Waals surface area contributed by atoms with E-state index in [1.165, 1.54) is 19.3 Å². The molecule has 0 unspecified atom stereocenters. The molecule has 0 fully saturated rings. The monoisotopic (exact) mass is 379 g/mol. The first kappa shape index (κ1) is 16.8. The molecule has 2 aromatic rings. The van der Waals surface area contributed by atoms with Crippen LogP contribution in [0.3, 0.4) is 0 Å². The Bertz CT molecular complexity index is 781. The third kappa shape index (κ3) is 4.01. The van der Waals surface area contributed by atoms with Crippen LogP contribution in [0.2, 0.25) is 0 Å². The third-order valence-electron chi connectivity index (χ3n) is 3.02. The van der Waals surface area contributed by atoms with E-state index in [-0.39, 0.29) is 15.7 Å². The highest BCUT2D eigenvalue weighted by molar-refractivity contribution is 9.10. The lowest BCUT2D eigenvalue weighted by Gasteiger charge is -2.03. The van der Waals surface area contributed by atoms with E-state index in [0.29, 0.717) is 11.1 Å². The van der Waals surface area contributed by atoms with E-state index < -0.39 is 16.7 Å². The number of non-ortho nitro benzene ring substituents is 1. The topological polar surface area (TPSA) is 69.4 Å². The van der Waals surface area contributed by atoms with Crippen molar-refractivity contribution in [2.45, 2.75) is 0 Å². The summed E-state index contributed by atoms with van der Waals surface area (Å²) >= 11 is 3.12. The fourth-order valence-corrected chi connectivity index (χ4v) is 2.46. The Hall–Kier alpha value is -2.54. The minimum atomic E-state index is -0.716. The fraction of sp³-hybridized carbons (Fsp3) is 0.0625. The molecule has 7 heteroatoms. The number of methoxy groups -OCH3 is 1.